The number of nitrogens with one attached hydrogen (secondary N) is 1. The third kappa shape index (κ3) is 4.26. The molecule has 2 aromatic rings. The molecule has 1 aliphatic heterocycles. The highest BCUT2D eigenvalue weighted by atomic mass is 32.1. The standard InChI is InChI=1S/C17H23N5O4S/c1-10(2)19-15(24)11-4-6-21(7-5-11)17-20-14-13(27-17)16(25)22(9-18-14)8-12(23)26-3/h9-11H,4-8H2,1-3H3,(H,19,24). The number of fused-ring (bicyclic) bond motifs is 1. The zero-order valence-electron chi connectivity index (χ0n) is 15.6. The van der Waals surface area contributed by atoms with Gasteiger partial charge in [0.05, 0.1) is 7.11 Å². The van der Waals surface area contributed by atoms with E-state index in [1.807, 2.05) is 13.8 Å². The summed E-state index contributed by atoms with van der Waals surface area (Å²) in [5, 5.41) is 3.68. The first-order chi connectivity index (χ1) is 12.9. The molecule has 146 valence electrons. The van der Waals surface area contributed by atoms with Gasteiger partial charge in [0.1, 0.15) is 17.6 Å². The molecule has 0 radical (unpaired) electrons. The van der Waals surface area contributed by atoms with Crippen LogP contribution in [0.25, 0.3) is 10.3 Å². The number of piperidine rings is 1. The van der Waals surface area contributed by atoms with Gasteiger partial charge in [0.2, 0.25) is 5.91 Å². The van der Waals surface area contributed by atoms with E-state index in [-0.39, 0.29) is 30.0 Å². The second kappa shape index (κ2) is 8.03. The molecule has 1 N–H and O–H groups in total. The average Bonchev–Trinajstić information content (AvgIpc) is 3.08. The Balaban J connectivity index is 1.73. The lowest BCUT2D eigenvalue weighted by Crippen LogP contribution is -2.42. The molecule has 1 amide bonds. The molecule has 0 spiro atoms. The fourth-order valence-electron chi connectivity index (χ4n) is 3.02. The zero-order chi connectivity index (χ0) is 19.6. The van der Waals surface area contributed by atoms with Crippen LogP contribution in [0.3, 0.4) is 0 Å². The zero-order valence-corrected chi connectivity index (χ0v) is 16.4. The van der Waals surface area contributed by atoms with Crippen molar-refractivity contribution >= 4 is 38.7 Å². The third-order valence-electron chi connectivity index (χ3n) is 4.47. The van der Waals surface area contributed by atoms with Crippen molar-refractivity contribution in [2.75, 3.05) is 25.1 Å². The van der Waals surface area contributed by atoms with Gasteiger partial charge in [-0.3, -0.25) is 19.0 Å². The van der Waals surface area contributed by atoms with E-state index in [1.54, 1.807) is 0 Å². The Labute approximate surface area is 160 Å². The van der Waals surface area contributed by atoms with Crippen molar-refractivity contribution in [1.29, 1.82) is 0 Å². The number of anilines is 1. The molecule has 3 heterocycles. The highest BCUT2D eigenvalue weighted by Gasteiger charge is 2.27. The molecule has 2 aromatic heterocycles. The summed E-state index contributed by atoms with van der Waals surface area (Å²) in [4.78, 5) is 46.8. The molecule has 9 nitrogen and oxygen atoms in total. The van der Waals surface area contributed by atoms with Crippen LogP contribution in [0.2, 0.25) is 0 Å². The van der Waals surface area contributed by atoms with E-state index in [9.17, 15) is 14.4 Å². The van der Waals surface area contributed by atoms with Gasteiger partial charge in [-0.25, -0.2) is 4.98 Å². The first-order valence-corrected chi connectivity index (χ1v) is 9.68. The lowest BCUT2D eigenvalue weighted by atomic mass is 9.96. The van der Waals surface area contributed by atoms with Crippen LogP contribution in [0.15, 0.2) is 11.1 Å². The Morgan fingerprint density at radius 1 is 1.37 bits per heavy atom. The normalized spacial score (nSPS) is 15.3. The highest BCUT2D eigenvalue weighted by Crippen LogP contribution is 2.29. The molecule has 0 unspecified atom stereocenters. The van der Waals surface area contributed by atoms with Gasteiger partial charge in [-0.15, -0.1) is 0 Å². The van der Waals surface area contributed by atoms with E-state index in [1.165, 1.54) is 29.3 Å². The molecule has 1 fully saturated rings. The largest absolute Gasteiger partial charge is 0.468 e. The molecule has 3 rings (SSSR count). The Morgan fingerprint density at radius 2 is 2.07 bits per heavy atom. The predicted molar refractivity (Wildman–Crippen MR) is 102 cm³/mol. The van der Waals surface area contributed by atoms with E-state index in [0.29, 0.717) is 28.6 Å². The van der Waals surface area contributed by atoms with Gasteiger partial charge in [0, 0.05) is 25.0 Å². The van der Waals surface area contributed by atoms with Gasteiger partial charge < -0.3 is 15.0 Å². The van der Waals surface area contributed by atoms with Crippen LogP contribution in [0.5, 0.6) is 0 Å². The number of amides is 1. The summed E-state index contributed by atoms with van der Waals surface area (Å²) >= 11 is 1.27. The highest BCUT2D eigenvalue weighted by molar-refractivity contribution is 7.22. The Kier molecular flexibility index (Phi) is 5.73. The van der Waals surface area contributed by atoms with Crippen molar-refractivity contribution < 1.29 is 14.3 Å². The number of hydrogen-bond acceptors (Lipinski definition) is 8. The number of rotatable bonds is 5. The molecule has 0 aromatic carbocycles. The summed E-state index contributed by atoms with van der Waals surface area (Å²) in [5.41, 5.74) is 0.0705. The van der Waals surface area contributed by atoms with Crippen LogP contribution >= 0.6 is 11.3 Å². The van der Waals surface area contributed by atoms with Crippen molar-refractivity contribution in [3.8, 4) is 0 Å². The lowest BCUT2D eigenvalue weighted by Gasteiger charge is -2.31. The first-order valence-electron chi connectivity index (χ1n) is 8.87. The summed E-state index contributed by atoms with van der Waals surface area (Å²) < 4.78 is 6.23. The van der Waals surface area contributed by atoms with Crippen molar-refractivity contribution in [2.45, 2.75) is 39.3 Å². The Hall–Kier alpha value is -2.49. The summed E-state index contributed by atoms with van der Waals surface area (Å²) in [6.07, 6.45) is 2.80. The number of thiazole rings is 1. The number of esters is 1. The summed E-state index contributed by atoms with van der Waals surface area (Å²) in [5.74, 6) is -0.403. The van der Waals surface area contributed by atoms with Crippen LogP contribution in [-0.4, -0.2) is 52.7 Å². The molecule has 1 saturated heterocycles. The second-order valence-electron chi connectivity index (χ2n) is 6.83. The van der Waals surface area contributed by atoms with Crippen LogP contribution in [-0.2, 0) is 20.9 Å². The molecular weight excluding hydrogens is 370 g/mol. The maximum atomic E-state index is 12.5. The number of aromatic nitrogens is 3. The lowest BCUT2D eigenvalue weighted by molar-refractivity contribution is -0.141. The number of carbonyl (C=O) groups excluding carboxylic acids is 2. The topological polar surface area (TPSA) is 106 Å². The van der Waals surface area contributed by atoms with Crippen LogP contribution in [0.4, 0.5) is 5.13 Å². The number of ether oxygens (including phenoxy) is 1. The van der Waals surface area contributed by atoms with Crippen molar-refractivity contribution in [3.05, 3.63) is 16.7 Å². The molecule has 1 aliphatic rings. The second-order valence-corrected chi connectivity index (χ2v) is 7.81. The Bertz CT molecular complexity index is 898. The third-order valence-corrected chi connectivity index (χ3v) is 5.56. The van der Waals surface area contributed by atoms with Crippen molar-refractivity contribution in [1.82, 2.24) is 19.9 Å². The number of hydrogen-bond donors (Lipinski definition) is 1. The van der Waals surface area contributed by atoms with Crippen molar-refractivity contribution in [2.24, 2.45) is 5.92 Å². The number of nitrogens with zero attached hydrogens (tertiary/aromatic N) is 4. The summed E-state index contributed by atoms with van der Waals surface area (Å²) in [6.45, 7) is 5.13. The van der Waals surface area contributed by atoms with Gasteiger partial charge in [-0.2, -0.15) is 4.98 Å². The van der Waals surface area contributed by atoms with Crippen LogP contribution in [0.1, 0.15) is 26.7 Å². The van der Waals surface area contributed by atoms with E-state index in [0.717, 1.165) is 12.8 Å². The van der Waals surface area contributed by atoms with Gasteiger partial charge in [-0.1, -0.05) is 11.3 Å². The summed E-state index contributed by atoms with van der Waals surface area (Å²) in [6, 6.07) is 0.137. The predicted octanol–water partition coefficient (Wildman–Crippen LogP) is 0.767. The first kappa shape index (κ1) is 19.3. The minimum Gasteiger partial charge on any atom is -0.468 e. The van der Waals surface area contributed by atoms with E-state index in [4.69, 9.17) is 0 Å². The molecule has 0 saturated carbocycles. The van der Waals surface area contributed by atoms with Crippen LogP contribution in [0, 0.1) is 5.92 Å². The van der Waals surface area contributed by atoms with E-state index in [2.05, 4.69) is 24.9 Å². The quantitative estimate of drug-likeness (QED) is 0.748. The summed E-state index contributed by atoms with van der Waals surface area (Å²) in [7, 11) is 1.27. The molecule has 27 heavy (non-hydrogen) atoms. The van der Waals surface area contributed by atoms with Gasteiger partial charge in [0.15, 0.2) is 10.8 Å². The minimum absolute atomic E-state index is 0.00781. The molecule has 0 bridgehead atoms. The van der Waals surface area contributed by atoms with Gasteiger partial charge in [0.25, 0.3) is 5.56 Å². The monoisotopic (exact) mass is 393 g/mol. The smallest absolute Gasteiger partial charge is 0.325 e. The molecule has 10 heteroatoms. The van der Waals surface area contributed by atoms with E-state index >= 15 is 0 Å². The van der Waals surface area contributed by atoms with Gasteiger partial charge in [-0.05, 0) is 26.7 Å². The fraction of sp³-hybridized carbons (Fsp3) is 0.588. The molecular formula is C17H23N5O4S. The maximum absolute atomic E-state index is 12.5. The maximum Gasteiger partial charge on any atom is 0.325 e. The SMILES string of the molecule is COC(=O)Cn1cnc2nc(N3CCC(C(=O)NC(C)C)CC3)sc2c1=O. The molecule has 0 atom stereocenters. The minimum atomic E-state index is -0.510. The number of methoxy groups -OCH3 is 1. The van der Waals surface area contributed by atoms with Gasteiger partial charge >= 0.3 is 5.97 Å². The Morgan fingerprint density at radius 3 is 2.70 bits per heavy atom. The number of carbonyl (C=O) groups is 2. The van der Waals surface area contributed by atoms with Crippen molar-refractivity contribution in [3.63, 3.8) is 0 Å². The average molecular weight is 393 g/mol. The fourth-order valence-corrected chi connectivity index (χ4v) is 4.04. The van der Waals surface area contributed by atoms with Crippen LogP contribution < -0.4 is 15.8 Å². The molecule has 0 aliphatic carbocycles. The van der Waals surface area contributed by atoms with E-state index < -0.39 is 5.97 Å².